The molecular formula is C16H17BrCl2N2O2S. The fraction of sp³-hybridized carbons (Fsp3) is 0.375. The number of benzene rings is 1. The van der Waals surface area contributed by atoms with E-state index in [1.165, 1.54) is 11.8 Å². The van der Waals surface area contributed by atoms with Crippen LogP contribution in [0.4, 0.5) is 0 Å². The Balaban J connectivity index is 2.37. The molecule has 1 fully saturated rings. The summed E-state index contributed by atoms with van der Waals surface area (Å²) >= 11 is 16.5. The van der Waals surface area contributed by atoms with Crippen LogP contribution in [0.1, 0.15) is 24.8 Å². The summed E-state index contributed by atoms with van der Waals surface area (Å²) < 4.78 is 0.0469. The second-order valence-electron chi connectivity index (χ2n) is 5.31. The molecule has 0 radical (unpaired) electrons. The molecule has 130 valence electrons. The minimum Gasteiger partial charge on any atom is -0.361 e. The van der Waals surface area contributed by atoms with Crippen molar-refractivity contribution in [2.24, 2.45) is 0 Å². The van der Waals surface area contributed by atoms with Crippen LogP contribution in [0, 0.1) is 10.1 Å². The molecular weight excluding hydrogens is 435 g/mol. The van der Waals surface area contributed by atoms with E-state index < -0.39 is 4.92 Å². The van der Waals surface area contributed by atoms with Gasteiger partial charge in [0.05, 0.1) is 4.92 Å². The lowest BCUT2D eigenvalue weighted by atomic mass is 10.1. The number of allylic oxidation sites excluding steroid dienone is 1. The van der Waals surface area contributed by atoms with Gasteiger partial charge in [0.25, 0.3) is 0 Å². The van der Waals surface area contributed by atoms with Crippen LogP contribution in [0.25, 0.3) is 0 Å². The van der Waals surface area contributed by atoms with Crippen molar-refractivity contribution in [2.45, 2.75) is 25.0 Å². The summed E-state index contributed by atoms with van der Waals surface area (Å²) in [6, 6.07) is 9.86. The average molecular weight is 452 g/mol. The van der Waals surface area contributed by atoms with Crippen LogP contribution >= 0.6 is 50.9 Å². The molecule has 1 saturated heterocycles. The highest BCUT2D eigenvalue weighted by Crippen LogP contribution is 2.36. The summed E-state index contributed by atoms with van der Waals surface area (Å²) in [5.74, 6) is 0.633. The Hall–Kier alpha value is -0.690. The molecule has 1 aliphatic rings. The number of hydrogen-bond donors (Lipinski definition) is 0. The third-order valence-corrected chi connectivity index (χ3v) is 6.10. The van der Waals surface area contributed by atoms with Gasteiger partial charge >= 0.3 is 5.70 Å². The third-order valence-electron chi connectivity index (χ3n) is 3.62. The van der Waals surface area contributed by atoms with E-state index in [0.717, 1.165) is 37.9 Å². The Labute approximate surface area is 164 Å². The van der Waals surface area contributed by atoms with E-state index in [0.29, 0.717) is 10.8 Å². The van der Waals surface area contributed by atoms with Gasteiger partial charge in [-0.3, -0.25) is 10.1 Å². The largest absolute Gasteiger partial charge is 0.361 e. The van der Waals surface area contributed by atoms with Gasteiger partial charge in [0, 0.05) is 18.8 Å². The quantitative estimate of drug-likeness (QED) is 0.307. The van der Waals surface area contributed by atoms with Gasteiger partial charge in [-0.2, -0.15) is 0 Å². The van der Waals surface area contributed by atoms with Gasteiger partial charge in [0.1, 0.15) is 8.97 Å². The molecule has 0 aliphatic carbocycles. The van der Waals surface area contributed by atoms with Gasteiger partial charge in [-0.25, -0.2) is 0 Å². The minimum absolute atomic E-state index is 0.0469. The molecule has 24 heavy (non-hydrogen) atoms. The van der Waals surface area contributed by atoms with Crippen LogP contribution in [0.15, 0.2) is 50.0 Å². The Morgan fingerprint density at radius 2 is 1.83 bits per heavy atom. The zero-order valence-electron chi connectivity index (χ0n) is 12.9. The predicted octanol–water partition coefficient (Wildman–Crippen LogP) is 5.89. The molecule has 1 aromatic rings. The van der Waals surface area contributed by atoms with Crippen molar-refractivity contribution in [2.75, 3.05) is 13.1 Å². The molecule has 0 bridgehead atoms. The topological polar surface area (TPSA) is 46.4 Å². The maximum Gasteiger partial charge on any atom is 0.319 e. The molecule has 4 nitrogen and oxygen atoms in total. The second kappa shape index (κ2) is 9.70. The van der Waals surface area contributed by atoms with Gasteiger partial charge in [0.2, 0.25) is 0 Å². The van der Waals surface area contributed by atoms with Gasteiger partial charge in [0.15, 0.2) is 5.03 Å². The first kappa shape index (κ1) is 19.6. The molecule has 0 amide bonds. The van der Waals surface area contributed by atoms with E-state index in [1.807, 2.05) is 35.2 Å². The second-order valence-corrected chi connectivity index (χ2v) is 8.28. The van der Waals surface area contributed by atoms with E-state index in [9.17, 15) is 10.1 Å². The zero-order chi connectivity index (χ0) is 17.5. The first-order chi connectivity index (χ1) is 11.5. The van der Waals surface area contributed by atoms with Crippen molar-refractivity contribution in [1.29, 1.82) is 0 Å². The molecule has 0 atom stereocenters. The molecule has 1 heterocycles. The summed E-state index contributed by atoms with van der Waals surface area (Å²) in [6.45, 7) is 1.58. The highest BCUT2D eigenvalue weighted by atomic mass is 79.9. The van der Waals surface area contributed by atoms with Crippen LogP contribution in [0.2, 0.25) is 0 Å². The molecule has 0 saturated carbocycles. The number of hydrogen-bond acceptors (Lipinski definition) is 4. The molecule has 0 spiro atoms. The first-order valence-corrected chi connectivity index (χ1v) is 10.1. The standard InChI is InChI=1S/C16H17BrCl2N2O2S/c17-15(19)13(18)14(21(22)23)16(20-9-5-2-6-10-20)24-11-12-7-3-1-4-8-12/h1,3-4,7-8H,2,5-6,9-11H2. The monoisotopic (exact) mass is 450 g/mol. The SMILES string of the molecule is O=[N+]([O-])C(C(Cl)=C(Cl)Br)=C(SCc1ccccc1)N1CCCCC1. The Kier molecular flexibility index (Phi) is 7.94. The van der Waals surface area contributed by atoms with Crippen LogP contribution in [0.5, 0.6) is 0 Å². The fourth-order valence-electron chi connectivity index (χ4n) is 2.47. The van der Waals surface area contributed by atoms with Crippen molar-refractivity contribution in [3.8, 4) is 0 Å². The van der Waals surface area contributed by atoms with Gasteiger partial charge in [-0.15, -0.1) is 0 Å². The number of likely N-dealkylation sites (tertiary alicyclic amines) is 1. The Morgan fingerprint density at radius 1 is 1.21 bits per heavy atom. The highest BCUT2D eigenvalue weighted by Gasteiger charge is 2.29. The van der Waals surface area contributed by atoms with Crippen molar-refractivity contribution in [1.82, 2.24) is 4.90 Å². The zero-order valence-corrected chi connectivity index (χ0v) is 16.8. The maximum atomic E-state index is 11.7. The number of piperidine rings is 1. The van der Waals surface area contributed by atoms with Crippen molar-refractivity contribution in [3.63, 3.8) is 0 Å². The lowest BCUT2D eigenvalue weighted by Crippen LogP contribution is -2.30. The van der Waals surface area contributed by atoms with Crippen LogP contribution in [0.3, 0.4) is 0 Å². The van der Waals surface area contributed by atoms with E-state index in [-0.39, 0.29) is 14.7 Å². The summed E-state index contributed by atoms with van der Waals surface area (Å²) in [4.78, 5) is 13.2. The molecule has 0 unspecified atom stereocenters. The summed E-state index contributed by atoms with van der Waals surface area (Å²) in [5, 5.41) is 12.2. The van der Waals surface area contributed by atoms with Crippen molar-refractivity contribution < 1.29 is 4.92 Å². The van der Waals surface area contributed by atoms with E-state index >= 15 is 0 Å². The minimum atomic E-state index is -0.450. The lowest BCUT2D eigenvalue weighted by molar-refractivity contribution is -0.421. The summed E-state index contributed by atoms with van der Waals surface area (Å²) in [7, 11) is 0. The van der Waals surface area contributed by atoms with Gasteiger partial charge in [-0.05, 0) is 40.8 Å². The summed E-state index contributed by atoms with van der Waals surface area (Å²) in [5.41, 5.74) is 0.964. The molecule has 8 heteroatoms. The average Bonchev–Trinajstić information content (AvgIpc) is 2.59. The molecule has 1 aliphatic heterocycles. The van der Waals surface area contributed by atoms with E-state index in [2.05, 4.69) is 15.9 Å². The number of nitro groups is 1. The Bertz CT molecular complexity index is 643. The van der Waals surface area contributed by atoms with Crippen molar-refractivity contribution >= 4 is 50.9 Å². The van der Waals surface area contributed by atoms with Gasteiger partial charge in [-0.1, -0.05) is 65.3 Å². The molecule has 0 N–H and O–H groups in total. The number of rotatable bonds is 6. The lowest BCUT2D eigenvalue weighted by Gasteiger charge is -2.30. The third kappa shape index (κ3) is 5.41. The summed E-state index contributed by atoms with van der Waals surface area (Å²) in [6.07, 6.45) is 3.18. The van der Waals surface area contributed by atoms with E-state index in [4.69, 9.17) is 23.2 Å². The Morgan fingerprint density at radius 3 is 2.38 bits per heavy atom. The van der Waals surface area contributed by atoms with Crippen LogP contribution < -0.4 is 0 Å². The number of halogens is 3. The van der Waals surface area contributed by atoms with E-state index in [1.54, 1.807) is 0 Å². The smallest absolute Gasteiger partial charge is 0.319 e. The van der Waals surface area contributed by atoms with Crippen LogP contribution in [-0.2, 0) is 5.75 Å². The number of thioether (sulfide) groups is 1. The van der Waals surface area contributed by atoms with Gasteiger partial charge < -0.3 is 4.90 Å². The molecule has 1 aromatic carbocycles. The normalized spacial score (nSPS) is 17.2. The fourth-order valence-corrected chi connectivity index (χ4v) is 4.14. The maximum absolute atomic E-state index is 11.7. The highest BCUT2D eigenvalue weighted by molar-refractivity contribution is 9.12. The van der Waals surface area contributed by atoms with Crippen LogP contribution in [-0.4, -0.2) is 22.9 Å². The first-order valence-electron chi connectivity index (χ1n) is 7.52. The molecule has 2 rings (SSSR count). The predicted molar refractivity (Wildman–Crippen MR) is 105 cm³/mol. The number of nitrogens with zero attached hydrogens (tertiary/aromatic N) is 2. The molecule has 0 aromatic heterocycles. The van der Waals surface area contributed by atoms with Crippen molar-refractivity contribution in [3.05, 3.63) is 65.7 Å².